The highest BCUT2D eigenvalue weighted by Gasteiger charge is 2.35. The highest BCUT2D eigenvalue weighted by atomic mass is 32.3. The van der Waals surface area contributed by atoms with Gasteiger partial charge in [-0.1, -0.05) is 56.9 Å². The zero-order chi connectivity index (χ0) is 32.1. The average molecular weight is 658 g/mol. The maximum atomic E-state index is 14.0. The molecule has 1 aliphatic rings. The summed E-state index contributed by atoms with van der Waals surface area (Å²) in [6, 6.07) is 26.2. The molecule has 236 valence electrons. The van der Waals surface area contributed by atoms with E-state index in [1.165, 1.54) is 48.9 Å². The number of rotatable bonds is 10. The lowest BCUT2D eigenvalue weighted by molar-refractivity contribution is -0.133. The van der Waals surface area contributed by atoms with Gasteiger partial charge < -0.3 is 18.9 Å². The molecule has 1 fully saturated rings. The maximum absolute atomic E-state index is 14.0. The Morgan fingerprint density at radius 2 is 1.57 bits per heavy atom. The van der Waals surface area contributed by atoms with Crippen molar-refractivity contribution >= 4 is 43.4 Å². The Hall–Kier alpha value is -4.53. The van der Waals surface area contributed by atoms with Crippen LogP contribution in [0.3, 0.4) is 0 Å². The van der Waals surface area contributed by atoms with E-state index in [4.69, 9.17) is 4.18 Å². The summed E-state index contributed by atoms with van der Waals surface area (Å²) in [5.74, 6) is -0.293. The van der Waals surface area contributed by atoms with Gasteiger partial charge in [0.2, 0.25) is 15.7 Å². The molecule has 6 rings (SSSR count). The molecule has 46 heavy (non-hydrogen) atoms. The summed E-state index contributed by atoms with van der Waals surface area (Å²) in [5, 5.41) is 0.655. The topological polar surface area (TPSA) is 151 Å². The molecule has 1 aliphatic heterocycles. The van der Waals surface area contributed by atoms with Gasteiger partial charge in [-0.3, -0.25) is 18.9 Å². The second kappa shape index (κ2) is 13.4. The average Bonchev–Trinajstić information content (AvgIpc) is 3.09. The SMILES string of the molecule is O=C([C@@H](Cc1ccc(O[S+](=O)([O-])c2cccnc2)cc1)N[S+](=O)([O-])c1cccc2cccnc12)N1CCN(c2ccccc2)CC1. The molecular weight excluding hydrogens is 627 g/mol. The predicted octanol–water partition coefficient (Wildman–Crippen LogP) is 4.07. The second-order valence-electron chi connectivity index (χ2n) is 10.7. The number of aromatic nitrogens is 2. The van der Waals surface area contributed by atoms with E-state index in [0.29, 0.717) is 42.6 Å². The van der Waals surface area contributed by atoms with Gasteiger partial charge >= 0.3 is 0 Å². The van der Waals surface area contributed by atoms with Crippen molar-refractivity contribution < 1.29 is 26.5 Å². The number of para-hydroxylation sites is 2. The number of sulfonamides is 1. The Labute approximate surface area is 269 Å². The summed E-state index contributed by atoms with van der Waals surface area (Å²) in [4.78, 5) is 25.8. The summed E-state index contributed by atoms with van der Waals surface area (Å²) in [5.41, 5.74) is 1.96. The minimum atomic E-state index is -4.19. The monoisotopic (exact) mass is 657 g/mol. The summed E-state index contributed by atoms with van der Waals surface area (Å²) in [6.45, 7) is 2.03. The Kier molecular flexibility index (Phi) is 9.20. The third-order valence-corrected chi connectivity index (χ3v) is 10.4. The summed E-state index contributed by atoms with van der Waals surface area (Å²) < 4.78 is 60.8. The van der Waals surface area contributed by atoms with Crippen molar-refractivity contribution in [3.05, 3.63) is 121 Å². The van der Waals surface area contributed by atoms with Crippen molar-refractivity contribution in [3.63, 3.8) is 0 Å². The lowest BCUT2D eigenvalue weighted by Gasteiger charge is -2.37. The van der Waals surface area contributed by atoms with E-state index in [-0.39, 0.29) is 27.9 Å². The number of benzene rings is 3. The molecular formula is C33H31N5O6S2. The number of hydrogen-bond donors (Lipinski definition) is 1. The first kappa shape index (κ1) is 31.5. The maximum Gasteiger partial charge on any atom is 0.270 e. The molecule has 0 radical (unpaired) electrons. The minimum absolute atomic E-state index is 0.0186. The van der Waals surface area contributed by atoms with E-state index in [1.54, 1.807) is 41.3 Å². The lowest BCUT2D eigenvalue weighted by atomic mass is 10.0. The van der Waals surface area contributed by atoms with Gasteiger partial charge in [0, 0.05) is 62.1 Å². The van der Waals surface area contributed by atoms with E-state index in [0.717, 1.165) is 5.69 Å². The first-order valence-corrected chi connectivity index (χ1v) is 17.5. The van der Waals surface area contributed by atoms with Crippen LogP contribution in [0.5, 0.6) is 5.75 Å². The fraction of sp³-hybridized carbons (Fsp3) is 0.182. The van der Waals surface area contributed by atoms with Crippen LogP contribution in [0.15, 0.2) is 125 Å². The number of nitrogens with one attached hydrogen (secondary N) is 1. The Morgan fingerprint density at radius 1 is 0.848 bits per heavy atom. The van der Waals surface area contributed by atoms with Gasteiger partial charge in [-0.2, -0.15) is 0 Å². The smallest absolute Gasteiger partial charge is 0.270 e. The van der Waals surface area contributed by atoms with Gasteiger partial charge in [-0.25, -0.2) is 0 Å². The standard InChI is InChI=1S/C33H31N5O6S2/c39-33(38-21-19-37(20-22-38)27-9-2-1-3-10-27)30(36-45(40,41)31-12-4-7-26-8-5-18-35-32(26)31)23-25-13-15-28(16-14-25)44-46(42,43)29-11-6-17-34-24-29/h1-18,24,30H,19-23H2,(H-2,36,40,41,42,43)/t30-/m1/s1. The van der Waals surface area contributed by atoms with Crippen LogP contribution in [0.1, 0.15) is 5.56 Å². The van der Waals surface area contributed by atoms with Gasteiger partial charge in [0.05, 0.1) is 6.20 Å². The molecule has 5 aromatic rings. The minimum Gasteiger partial charge on any atom is -0.593 e. The van der Waals surface area contributed by atoms with Crippen molar-refractivity contribution in [1.29, 1.82) is 0 Å². The third-order valence-electron chi connectivity index (χ3n) is 7.69. The molecule has 1 saturated heterocycles. The van der Waals surface area contributed by atoms with Crippen LogP contribution in [0.4, 0.5) is 5.69 Å². The Morgan fingerprint density at radius 3 is 2.28 bits per heavy atom. The second-order valence-corrected chi connectivity index (χ2v) is 14.0. The van der Waals surface area contributed by atoms with Gasteiger partial charge in [0.1, 0.15) is 11.6 Å². The van der Waals surface area contributed by atoms with Crippen LogP contribution in [-0.4, -0.2) is 62.1 Å². The highest BCUT2D eigenvalue weighted by molar-refractivity contribution is 7.96. The van der Waals surface area contributed by atoms with Gasteiger partial charge in [-0.15, -0.1) is 4.72 Å². The number of amides is 1. The Bertz CT molecular complexity index is 1900. The summed E-state index contributed by atoms with van der Waals surface area (Å²) >= 11 is 0. The van der Waals surface area contributed by atoms with Crippen LogP contribution in [-0.2, 0) is 40.5 Å². The number of anilines is 1. The third kappa shape index (κ3) is 7.14. The van der Waals surface area contributed by atoms with Crippen LogP contribution in [0.25, 0.3) is 10.9 Å². The van der Waals surface area contributed by atoms with Gasteiger partial charge in [-0.05, 0) is 48.0 Å². The van der Waals surface area contributed by atoms with E-state index in [1.807, 2.05) is 30.3 Å². The lowest BCUT2D eigenvalue weighted by Crippen LogP contribution is -2.56. The van der Waals surface area contributed by atoms with E-state index < -0.39 is 26.9 Å². The molecule has 2 aromatic heterocycles. The van der Waals surface area contributed by atoms with Crippen molar-refractivity contribution in [3.8, 4) is 5.75 Å². The molecule has 3 aromatic carbocycles. The zero-order valence-corrected chi connectivity index (χ0v) is 26.3. The molecule has 11 nitrogen and oxygen atoms in total. The Balaban J connectivity index is 1.23. The van der Waals surface area contributed by atoms with Crippen LogP contribution in [0.2, 0.25) is 0 Å². The van der Waals surface area contributed by atoms with Crippen LogP contribution < -0.4 is 13.8 Å². The summed E-state index contributed by atoms with van der Waals surface area (Å²) in [6.07, 6.45) is 4.19. The van der Waals surface area contributed by atoms with Crippen molar-refractivity contribution in [2.75, 3.05) is 31.1 Å². The number of piperazine rings is 1. The molecule has 0 saturated carbocycles. The first-order valence-electron chi connectivity index (χ1n) is 14.6. The molecule has 13 heteroatoms. The normalized spacial score (nSPS) is 16.7. The molecule has 2 unspecified atom stereocenters. The molecule has 1 amide bonds. The number of fused-ring (bicyclic) bond motifs is 1. The van der Waals surface area contributed by atoms with Crippen LogP contribution >= 0.6 is 0 Å². The molecule has 3 heterocycles. The number of carbonyl (C=O) groups is 1. The van der Waals surface area contributed by atoms with Gasteiger partial charge in [0.15, 0.2) is 16.1 Å². The van der Waals surface area contributed by atoms with Crippen molar-refractivity contribution in [2.45, 2.75) is 22.3 Å². The van der Waals surface area contributed by atoms with E-state index >= 15 is 0 Å². The number of pyridine rings is 2. The van der Waals surface area contributed by atoms with E-state index in [9.17, 15) is 22.3 Å². The fourth-order valence-corrected chi connectivity index (χ4v) is 7.62. The number of nitrogens with zero attached hydrogens (tertiary/aromatic N) is 4. The molecule has 0 aliphatic carbocycles. The van der Waals surface area contributed by atoms with Crippen molar-refractivity contribution in [1.82, 2.24) is 19.6 Å². The molecule has 1 N–H and O–H groups in total. The van der Waals surface area contributed by atoms with Crippen molar-refractivity contribution in [2.24, 2.45) is 0 Å². The van der Waals surface area contributed by atoms with Crippen LogP contribution in [0, 0.1) is 0 Å². The molecule has 3 atom stereocenters. The van der Waals surface area contributed by atoms with Gasteiger partial charge in [0.25, 0.3) is 10.5 Å². The number of hydrogen-bond acceptors (Lipinski definition) is 9. The first-order chi connectivity index (χ1) is 22.2. The molecule has 0 bridgehead atoms. The van der Waals surface area contributed by atoms with E-state index in [2.05, 4.69) is 19.6 Å². The summed E-state index contributed by atoms with van der Waals surface area (Å²) in [7, 11) is -8.29. The zero-order valence-electron chi connectivity index (χ0n) is 24.6. The molecule has 0 spiro atoms. The largest absolute Gasteiger partial charge is 0.593 e. The quantitative estimate of drug-likeness (QED) is 0.219. The fourth-order valence-electron chi connectivity index (χ4n) is 5.35. The predicted molar refractivity (Wildman–Crippen MR) is 173 cm³/mol. The number of carbonyl (C=O) groups excluding carboxylic acids is 1. The highest BCUT2D eigenvalue weighted by Crippen LogP contribution is 2.26.